The lowest BCUT2D eigenvalue weighted by atomic mass is 10.2. The molecule has 0 bridgehead atoms. The Hall–Kier alpha value is -0.540. The first-order valence-electron chi connectivity index (χ1n) is 8.22. The van der Waals surface area contributed by atoms with Crippen LogP contribution >= 0.6 is 35.3 Å². The number of aliphatic imine (C=N–C) groups is 1. The molecule has 0 aliphatic carbocycles. The molecule has 2 fully saturated rings. The molecule has 23 heavy (non-hydrogen) atoms. The topological polar surface area (TPSA) is 34.1 Å². The molecule has 2 aliphatic heterocycles. The molecule has 0 aromatic carbocycles. The number of nitrogens with one attached hydrogen (secondary N) is 1. The lowest BCUT2D eigenvalue weighted by Gasteiger charge is -2.37. The summed E-state index contributed by atoms with van der Waals surface area (Å²) in [6.07, 6.45) is 2.62. The molecular formula is C16H28IN5S. The third-order valence-corrected chi connectivity index (χ3v) is 5.71. The van der Waals surface area contributed by atoms with Gasteiger partial charge in [-0.25, -0.2) is 0 Å². The Kier molecular flexibility index (Phi) is 7.42. The number of rotatable bonds is 3. The number of nitrogens with zero attached hydrogens (tertiary/aromatic N) is 4. The second kappa shape index (κ2) is 9.08. The summed E-state index contributed by atoms with van der Waals surface area (Å²) >= 11 is 1.83. The van der Waals surface area contributed by atoms with Crippen molar-refractivity contribution in [2.24, 2.45) is 4.99 Å². The minimum Gasteiger partial charge on any atom is -0.360 e. The standard InChI is InChI=1S/C16H27N5S.HI/c1-17-16(18-13-14-5-3-7-19(14)2)21-10-8-20(9-11-21)15-6-4-12-22-15;/h4,6,12,14H,3,5,7-11,13H2,1-2H3,(H,17,18);1H. The van der Waals surface area contributed by atoms with Crippen LogP contribution in [0.2, 0.25) is 0 Å². The zero-order chi connectivity index (χ0) is 15.4. The van der Waals surface area contributed by atoms with Gasteiger partial charge in [0.15, 0.2) is 5.96 Å². The van der Waals surface area contributed by atoms with Crippen LogP contribution in [0.25, 0.3) is 0 Å². The van der Waals surface area contributed by atoms with E-state index >= 15 is 0 Å². The Bertz CT molecular complexity index is 485. The van der Waals surface area contributed by atoms with Gasteiger partial charge in [0.05, 0.1) is 5.00 Å². The molecule has 1 unspecified atom stereocenters. The van der Waals surface area contributed by atoms with Crippen LogP contribution in [-0.4, -0.2) is 75.2 Å². The summed E-state index contributed by atoms with van der Waals surface area (Å²) in [5.74, 6) is 1.06. The van der Waals surface area contributed by atoms with Crippen molar-refractivity contribution in [2.45, 2.75) is 18.9 Å². The fraction of sp³-hybridized carbons (Fsp3) is 0.688. The van der Waals surface area contributed by atoms with E-state index in [-0.39, 0.29) is 24.0 Å². The number of likely N-dealkylation sites (tertiary alicyclic amines) is 1. The summed E-state index contributed by atoms with van der Waals surface area (Å²) in [4.78, 5) is 11.8. The highest BCUT2D eigenvalue weighted by molar-refractivity contribution is 14.0. The van der Waals surface area contributed by atoms with Gasteiger partial charge in [0, 0.05) is 45.8 Å². The van der Waals surface area contributed by atoms with Crippen LogP contribution in [0.4, 0.5) is 5.00 Å². The van der Waals surface area contributed by atoms with E-state index in [0.717, 1.165) is 38.7 Å². The van der Waals surface area contributed by atoms with Gasteiger partial charge >= 0.3 is 0 Å². The Morgan fingerprint density at radius 2 is 2.09 bits per heavy atom. The van der Waals surface area contributed by atoms with E-state index in [9.17, 15) is 0 Å². The molecule has 0 saturated carbocycles. The van der Waals surface area contributed by atoms with E-state index in [2.05, 4.69) is 49.6 Å². The van der Waals surface area contributed by atoms with Gasteiger partial charge in [0.2, 0.25) is 0 Å². The van der Waals surface area contributed by atoms with E-state index in [0.29, 0.717) is 6.04 Å². The van der Waals surface area contributed by atoms with E-state index in [1.807, 2.05) is 18.4 Å². The molecule has 2 saturated heterocycles. The molecule has 0 amide bonds. The number of hydrogen-bond acceptors (Lipinski definition) is 4. The Morgan fingerprint density at radius 1 is 1.30 bits per heavy atom. The number of anilines is 1. The van der Waals surface area contributed by atoms with Crippen molar-refractivity contribution in [3.63, 3.8) is 0 Å². The van der Waals surface area contributed by atoms with E-state index in [4.69, 9.17) is 0 Å². The number of guanidine groups is 1. The smallest absolute Gasteiger partial charge is 0.193 e. The van der Waals surface area contributed by atoms with Crippen molar-refractivity contribution in [1.29, 1.82) is 0 Å². The lowest BCUT2D eigenvalue weighted by Crippen LogP contribution is -2.53. The monoisotopic (exact) mass is 449 g/mol. The predicted molar refractivity (Wildman–Crippen MR) is 111 cm³/mol. The largest absolute Gasteiger partial charge is 0.360 e. The van der Waals surface area contributed by atoms with Crippen LogP contribution < -0.4 is 10.2 Å². The second-order valence-electron chi connectivity index (χ2n) is 6.13. The van der Waals surface area contributed by atoms with Crippen molar-refractivity contribution in [1.82, 2.24) is 15.1 Å². The maximum atomic E-state index is 4.48. The molecule has 1 atom stereocenters. The number of hydrogen-bond donors (Lipinski definition) is 1. The van der Waals surface area contributed by atoms with Crippen LogP contribution in [0.3, 0.4) is 0 Å². The number of piperazine rings is 1. The number of likely N-dealkylation sites (N-methyl/N-ethyl adjacent to an activating group) is 1. The molecule has 1 aromatic heterocycles. The van der Waals surface area contributed by atoms with Crippen LogP contribution in [0.5, 0.6) is 0 Å². The molecule has 0 radical (unpaired) electrons. The summed E-state index contributed by atoms with van der Waals surface area (Å²) < 4.78 is 0. The minimum absolute atomic E-state index is 0. The summed E-state index contributed by atoms with van der Waals surface area (Å²) in [5, 5.41) is 7.12. The minimum atomic E-state index is 0. The predicted octanol–water partition coefficient (Wildman–Crippen LogP) is 2.16. The molecule has 130 valence electrons. The van der Waals surface area contributed by atoms with Crippen molar-refractivity contribution >= 4 is 46.3 Å². The third-order valence-electron chi connectivity index (χ3n) is 4.78. The normalized spacial score (nSPS) is 23.0. The van der Waals surface area contributed by atoms with Crippen LogP contribution in [0, 0.1) is 0 Å². The second-order valence-corrected chi connectivity index (χ2v) is 7.06. The Morgan fingerprint density at radius 3 is 2.65 bits per heavy atom. The summed E-state index contributed by atoms with van der Waals surface area (Å²) in [7, 11) is 4.12. The fourth-order valence-corrected chi connectivity index (χ4v) is 4.15. The molecule has 1 N–H and O–H groups in total. The third kappa shape index (κ3) is 4.73. The number of thiophene rings is 1. The van der Waals surface area contributed by atoms with Gasteiger partial charge in [-0.3, -0.25) is 4.99 Å². The zero-order valence-corrected chi connectivity index (χ0v) is 17.2. The molecule has 0 spiro atoms. The Balaban J connectivity index is 0.00000192. The highest BCUT2D eigenvalue weighted by Crippen LogP contribution is 2.22. The van der Waals surface area contributed by atoms with E-state index in [1.54, 1.807) is 0 Å². The lowest BCUT2D eigenvalue weighted by molar-refractivity contribution is 0.303. The summed E-state index contributed by atoms with van der Waals surface area (Å²) in [6.45, 7) is 6.46. The quantitative estimate of drug-likeness (QED) is 0.436. The SMILES string of the molecule is CN=C(NCC1CCCN1C)N1CCN(c2cccs2)CC1.I. The summed E-state index contributed by atoms with van der Waals surface area (Å²) in [5.41, 5.74) is 0. The first-order valence-corrected chi connectivity index (χ1v) is 9.10. The first kappa shape index (κ1) is 18.8. The maximum absolute atomic E-state index is 4.48. The average Bonchev–Trinajstić information content (AvgIpc) is 3.21. The van der Waals surface area contributed by atoms with Gasteiger partial charge in [-0.1, -0.05) is 0 Å². The fourth-order valence-electron chi connectivity index (χ4n) is 3.37. The van der Waals surface area contributed by atoms with Crippen LogP contribution in [0.1, 0.15) is 12.8 Å². The average molecular weight is 449 g/mol. The van der Waals surface area contributed by atoms with Crippen LogP contribution in [-0.2, 0) is 0 Å². The van der Waals surface area contributed by atoms with Gasteiger partial charge in [0.1, 0.15) is 0 Å². The highest BCUT2D eigenvalue weighted by Gasteiger charge is 2.23. The van der Waals surface area contributed by atoms with Gasteiger partial charge in [-0.05, 0) is 43.9 Å². The van der Waals surface area contributed by atoms with E-state index < -0.39 is 0 Å². The van der Waals surface area contributed by atoms with E-state index in [1.165, 1.54) is 24.4 Å². The van der Waals surface area contributed by atoms with Crippen molar-refractivity contribution in [2.75, 3.05) is 58.3 Å². The molecule has 2 aliphatic rings. The highest BCUT2D eigenvalue weighted by atomic mass is 127. The molecular weight excluding hydrogens is 421 g/mol. The zero-order valence-electron chi connectivity index (χ0n) is 14.1. The first-order chi connectivity index (χ1) is 10.8. The van der Waals surface area contributed by atoms with Gasteiger partial charge < -0.3 is 20.0 Å². The van der Waals surface area contributed by atoms with Crippen molar-refractivity contribution < 1.29 is 0 Å². The van der Waals surface area contributed by atoms with Crippen molar-refractivity contribution in [3.05, 3.63) is 17.5 Å². The van der Waals surface area contributed by atoms with Gasteiger partial charge in [-0.15, -0.1) is 35.3 Å². The number of halogens is 1. The molecule has 1 aromatic rings. The molecule has 3 rings (SSSR count). The summed E-state index contributed by atoms with van der Waals surface area (Å²) in [6, 6.07) is 5.00. The van der Waals surface area contributed by atoms with Crippen LogP contribution in [0.15, 0.2) is 22.5 Å². The molecule has 7 heteroatoms. The van der Waals surface area contributed by atoms with Gasteiger partial charge in [0.25, 0.3) is 0 Å². The maximum Gasteiger partial charge on any atom is 0.193 e. The van der Waals surface area contributed by atoms with Gasteiger partial charge in [-0.2, -0.15) is 0 Å². The molecule has 3 heterocycles. The Labute approximate surface area is 160 Å². The van der Waals surface area contributed by atoms with Crippen molar-refractivity contribution in [3.8, 4) is 0 Å². The molecule has 5 nitrogen and oxygen atoms in total.